The Morgan fingerprint density at radius 3 is 2.53 bits per heavy atom. The van der Waals surface area contributed by atoms with Crippen LogP contribution in [0.2, 0.25) is 5.02 Å². The molecule has 0 fully saturated rings. The van der Waals surface area contributed by atoms with Crippen LogP contribution in [0.25, 0.3) is 0 Å². The summed E-state index contributed by atoms with van der Waals surface area (Å²) in [6.07, 6.45) is 1.80. The fourth-order valence-electron chi connectivity index (χ4n) is 1.41. The summed E-state index contributed by atoms with van der Waals surface area (Å²) in [5.41, 5.74) is 1.79. The Morgan fingerprint density at radius 2 is 2.00 bits per heavy atom. The molecule has 0 atom stereocenters. The first-order chi connectivity index (χ1) is 7.15. The highest BCUT2D eigenvalue weighted by atomic mass is 35.5. The molecule has 0 radical (unpaired) electrons. The molecule has 2 rings (SSSR count). The summed E-state index contributed by atoms with van der Waals surface area (Å²) in [4.78, 5) is 11.2. The molecule has 15 heavy (non-hydrogen) atoms. The molecule has 78 valence electrons. The van der Waals surface area contributed by atoms with Crippen LogP contribution >= 0.6 is 11.6 Å². The van der Waals surface area contributed by atoms with E-state index in [1.165, 1.54) is 0 Å². The number of nitrogens with one attached hydrogen (secondary N) is 1. The minimum Gasteiger partial charge on any atom is -0.288 e. The molecule has 0 aliphatic rings. The third-order valence-electron chi connectivity index (χ3n) is 2.22. The van der Waals surface area contributed by atoms with Crippen LogP contribution in [0.1, 0.15) is 11.1 Å². The van der Waals surface area contributed by atoms with E-state index in [4.69, 9.17) is 11.6 Å². The van der Waals surface area contributed by atoms with E-state index in [1.807, 2.05) is 24.3 Å². The van der Waals surface area contributed by atoms with Crippen LogP contribution in [0.15, 0.2) is 35.3 Å². The van der Waals surface area contributed by atoms with Gasteiger partial charge in [-0.25, -0.2) is 0 Å². The highest BCUT2D eigenvalue weighted by molar-refractivity contribution is 6.30. The zero-order chi connectivity index (χ0) is 10.8. The average Bonchev–Trinajstić information content (AvgIpc) is 2.50. The standard InChI is InChI=1S/C11H11ClN2O/c1-8-6-14(13-11(8)15)7-9-2-4-10(12)5-3-9/h2-6H,7H2,1H3,(H,13,15). The Bertz CT molecular complexity index is 510. The smallest absolute Gasteiger partial charge is 0.266 e. The zero-order valence-corrected chi connectivity index (χ0v) is 9.08. The fraction of sp³-hybridized carbons (Fsp3) is 0.182. The lowest BCUT2D eigenvalue weighted by Gasteiger charge is -2.02. The molecule has 2 aromatic rings. The number of aryl methyl sites for hydroxylation is 1. The topological polar surface area (TPSA) is 37.8 Å². The van der Waals surface area contributed by atoms with E-state index in [1.54, 1.807) is 17.8 Å². The van der Waals surface area contributed by atoms with Crippen LogP contribution in [0.5, 0.6) is 0 Å². The van der Waals surface area contributed by atoms with Crippen molar-refractivity contribution in [2.75, 3.05) is 0 Å². The predicted molar refractivity (Wildman–Crippen MR) is 60.3 cm³/mol. The first-order valence-electron chi connectivity index (χ1n) is 4.65. The Labute approximate surface area is 92.3 Å². The summed E-state index contributed by atoms with van der Waals surface area (Å²) in [6, 6.07) is 7.56. The van der Waals surface area contributed by atoms with Crippen molar-refractivity contribution >= 4 is 11.6 Å². The molecule has 1 aromatic heterocycles. The van der Waals surface area contributed by atoms with Gasteiger partial charge in [0.15, 0.2) is 0 Å². The van der Waals surface area contributed by atoms with Crippen molar-refractivity contribution in [1.29, 1.82) is 0 Å². The number of rotatable bonds is 2. The number of hydrogen-bond acceptors (Lipinski definition) is 1. The van der Waals surface area contributed by atoms with E-state index in [-0.39, 0.29) is 5.56 Å². The highest BCUT2D eigenvalue weighted by Crippen LogP contribution is 2.10. The normalized spacial score (nSPS) is 10.5. The third-order valence-corrected chi connectivity index (χ3v) is 2.47. The summed E-state index contributed by atoms with van der Waals surface area (Å²) < 4.78 is 1.76. The van der Waals surface area contributed by atoms with Gasteiger partial charge in [0.1, 0.15) is 0 Å². The molecule has 0 spiro atoms. The van der Waals surface area contributed by atoms with Crippen LogP contribution in [-0.4, -0.2) is 9.78 Å². The highest BCUT2D eigenvalue weighted by Gasteiger charge is 1.99. The molecule has 0 aliphatic carbocycles. The zero-order valence-electron chi connectivity index (χ0n) is 8.33. The molecule has 0 saturated heterocycles. The van der Waals surface area contributed by atoms with Gasteiger partial charge in [0.2, 0.25) is 0 Å². The van der Waals surface area contributed by atoms with Crippen LogP contribution in [-0.2, 0) is 6.54 Å². The van der Waals surface area contributed by atoms with Crippen molar-refractivity contribution in [2.24, 2.45) is 0 Å². The van der Waals surface area contributed by atoms with Gasteiger partial charge in [0.05, 0.1) is 6.54 Å². The summed E-state index contributed by atoms with van der Waals surface area (Å²) in [7, 11) is 0. The van der Waals surface area contributed by atoms with Crippen molar-refractivity contribution < 1.29 is 0 Å². The molecular formula is C11H11ClN2O. The molecule has 3 nitrogen and oxygen atoms in total. The minimum atomic E-state index is -0.0380. The first-order valence-corrected chi connectivity index (χ1v) is 5.03. The molecule has 1 aromatic carbocycles. The van der Waals surface area contributed by atoms with E-state index in [0.717, 1.165) is 16.1 Å². The van der Waals surface area contributed by atoms with E-state index in [0.29, 0.717) is 6.54 Å². The summed E-state index contributed by atoms with van der Waals surface area (Å²) in [5, 5.41) is 3.45. The maximum absolute atomic E-state index is 11.2. The van der Waals surface area contributed by atoms with Crippen molar-refractivity contribution in [3.05, 3.63) is 57.0 Å². The SMILES string of the molecule is Cc1cn(Cc2ccc(Cl)cc2)[nH]c1=O. The Hall–Kier alpha value is -1.48. The lowest BCUT2D eigenvalue weighted by molar-refractivity contribution is 0.679. The number of H-pyrrole nitrogens is 1. The summed E-state index contributed by atoms with van der Waals surface area (Å²) >= 11 is 5.78. The molecule has 0 unspecified atom stereocenters. The molecule has 1 heterocycles. The van der Waals surface area contributed by atoms with Gasteiger partial charge in [-0.05, 0) is 24.6 Å². The number of halogens is 1. The third kappa shape index (κ3) is 2.30. The Balaban J connectivity index is 2.22. The van der Waals surface area contributed by atoms with Crippen LogP contribution in [0, 0.1) is 6.92 Å². The largest absolute Gasteiger partial charge is 0.288 e. The van der Waals surface area contributed by atoms with E-state index < -0.39 is 0 Å². The molecule has 0 amide bonds. The number of benzene rings is 1. The molecule has 0 saturated carbocycles. The molecule has 4 heteroatoms. The van der Waals surface area contributed by atoms with Crippen LogP contribution < -0.4 is 5.56 Å². The van der Waals surface area contributed by atoms with Crippen LogP contribution in [0.3, 0.4) is 0 Å². The molecule has 0 bridgehead atoms. The van der Waals surface area contributed by atoms with Crippen molar-refractivity contribution in [3.63, 3.8) is 0 Å². The van der Waals surface area contributed by atoms with Crippen molar-refractivity contribution in [3.8, 4) is 0 Å². The van der Waals surface area contributed by atoms with E-state index in [9.17, 15) is 4.79 Å². The first kappa shape index (κ1) is 10.1. The number of aromatic amines is 1. The van der Waals surface area contributed by atoms with Gasteiger partial charge in [-0.15, -0.1) is 0 Å². The van der Waals surface area contributed by atoms with Gasteiger partial charge in [0, 0.05) is 16.8 Å². The molecule has 0 aliphatic heterocycles. The quantitative estimate of drug-likeness (QED) is 0.831. The van der Waals surface area contributed by atoms with Crippen molar-refractivity contribution in [1.82, 2.24) is 9.78 Å². The summed E-state index contributed by atoms with van der Waals surface area (Å²) in [6.45, 7) is 2.44. The number of hydrogen-bond donors (Lipinski definition) is 1. The monoisotopic (exact) mass is 222 g/mol. The summed E-state index contributed by atoms with van der Waals surface area (Å²) in [5.74, 6) is 0. The van der Waals surface area contributed by atoms with Crippen molar-refractivity contribution in [2.45, 2.75) is 13.5 Å². The van der Waals surface area contributed by atoms with E-state index in [2.05, 4.69) is 5.10 Å². The van der Waals surface area contributed by atoms with Gasteiger partial charge < -0.3 is 0 Å². The van der Waals surface area contributed by atoms with Gasteiger partial charge in [-0.3, -0.25) is 14.6 Å². The molecular weight excluding hydrogens is 212 g/mol. The van der Waals surface area contributed by atoms with Crippen LogP contribution in [0.4, 0.5) is 0 Å². The lowest BCUT2D eigenvalue weighted by atomic mass is 10.2. The Kier molecular flexibility index (Phi) is 2.64. The predicted octanol–water partition coefficient (Wildman–Crippen LogP) is 2.19. The number of aromatic nitrogens is 2. The second-order valence-electron chi connectivity index (χ2n) is 3.51. The maximum Gasteiger partial charge on any atom is 0.266 e. The lowest BCUT2D eigenvalue weighted by Crippen LogP contribution is -2.07. The van der Waals surface area contributed by atoms with E-state index >= 15 is 0 Å². The van der Waals surface area contributed by atoms with Gasteiger partial charge in [-0.2, -0.15) is 0 Å². The van der Waals surface area contributed by atoms with Gasteiger partial charge in [-0.1, -0.05) is 23.7 Å². The van der Waals surface area contributed by atoms with Gasteiger partial charge >= 0.3 is 0 Å². The average molecular weight is 223 g/mol. The minimum absolute atomic E-state index is 0.0380. The second-order valence-corrected chi connectivity index (χ2v) is 3.94. The Morgan fingerprint density at radius 1 is 1.33 bits per heavy atom. The maximum atomic E-state index is 11.2. The number of nitrogens with zero attached hydrogens (tertiary/aromatic N) is 1. The van der Waals surface area contributed by atoms with Gasteiger partial charge in [0.25, 0.3) is 5.56 Å². The fourth-order valence-corrected chi connectivity index (χ4v) is 1.54. The second kappa shape index (κ2) is 3.95. The molecule has 1 N–H and O–H groups in total.